The molecule has 0 aliphatic carbocycles. The number of hydrogen-bond donors (Lipinski definition) is 9. The molecule has 9 atom stereocenters. The fraction of sp³-hybridized carbons (Fsp3) is 0.571. The van der Waals surface area contributed by atoms with Crippen LogP contribution in [0.5, 0.6) is 0 Å². The summed E-state index contributed by atoms with van der Waals surface area (Å²) in [4.78, 5) is 12.3. The van der Waals surface area contributed by atoms with E-state index in [4.69, 9.17) is 9.47 Å². The first kappa shape index (κ1) is 27.3. The highest BCUT2D eigenvalue weighted by Gasteiger charge is 2.47. The molecule has 1 aromatic rings. The van der Waals surface area contributed by atoms with Gasteiger partial charge < -0.3 is 55.6 Å². The molecule has 2 rings (SSSR count). The fourth-order valence-electron chi connectivity index (χ4n) is 3.24. The second-order valence-electron chi connectivity index (χ2n) is 7.65. The zero-order valence-corrected chi connectivity index (χ0v) is 17.7. The number of aliphatic hydroxyl groups is 8. The van der Waals surface area contributed by atoms with Gasteiger partial charge in [0, 0.05) is 6.54 Å². The molecule has 1 fully saturated rings. The van der Waals surface area contributed by atoms with Gasteiger partial charge in [0.15, 0.2) is 12.4 Å². The van der Waals surface area contributed by atoms with Crippen LogP contribution in [0.1, 0.15) is 11.1 Å². The van der Waals surface area contributed by atoms with Gasteiger partial charge in [-0.05, 0) is 11.1 Å². The summed E-state index contributed by atoms with van der Waals surface area (Å²) in [6, 6.07) is 6.98. The summed E-state index contributed by atoms with van der Waals surface area (Å²) in [6.45, 7) is 1.94. The Morgan fingerprint density at radius 2 is 1.73 bits per heavy atom. The van der Waals surface area contributed by atoms with Crippen molar-refractivity contribution in [2.45, 2.75) is 61.7 Å². The average molecular weight is 473 g/mol. The number of amides is 1. The SMILES string of the molecule is C=Cc1ccc(CNC(=O)[C@@H](O)[C@H](O)[C@@H](O[C@@H]2O[C@H](CO)[C@H](O)[C@H](O)[C@H]2O)[C@@H](O)CO)cc1. The van der Waals surface area contributed by atoms with Crippen molar-refractivity contribution in [1.29, 1.82) is 0 Å². The first-order valence-electron chi connectivity index (χ1n) is 10.2. The number of aliphatic hydroxyl groups excluding tert-OH is 8. The normalized spacial score (nSPS) is 29.0. The van der Waals surface area contributed by atoms with Crippen molar-refractivity contribution in [1.82, 2.24) is 5.32 Å². The Kier molecular flexibility index (Phi) is 10.3. The molecule has 0 saturated carbocycles. The number of nitrogens with one attached hydrogen (secondary N) is 1. The highest BCUT2D eigenvalue weighted by atomic mass is 16.7. The number of carbonyl (C=O) groups is 1. The molecule has 0 bridgehead atoms. The summed E-state index contributed by atoms with van der Waals surface area (Å²) in [6.07, 6.45) is -14.7. The summed E-state index contributed by atoms with van der Waals surface area (Å²) in [5.41, 5.74) is 1.56. The van der Waals surface area contributed by atoms with E-state index in [0.717, 1.165) is 5.56 Å². The minimum atomic E-state index is -2.12. The maximum absolute atomic E-state index is 12.3. The van der Waals surface area contributed by atoms with Crippen LogP contribution in [0, 0.1) is 0 Å². The number of ether oxygens (including phenoxy) is 2. The van der Waals surface area contributed by atoms with E-state index in [9.17, 15) is 45.6 Å². The van der Waals surface area contributed by atoms with Crippen LogP contribution in [0.2, 0.25) is 0 Å². The van der Waals surface area contributed by atoms with Gasteiger partial charge in [0.1, 0.15) is 42.7 Å². The summed E-state index contributed by atoms with van der Waals surface area (Å²) in [5, 5.41) is 81.5. The van der Waals surface area contributed by atoms with E-state index < -0.39 is 74.2 Å². The van der Waals surface area contributed by atoms with E-state index in [1.807, 2.05) is 0 Å². The van der Waals surface area contributed by atoms with E-state index >= 15 is 0 Å². The van der Waals surface area contributed by atoms with Crippen LogP contribution in [-0.4, -0.2) is 115 Å². The van der Waals surface area contributed by atoms with Crippen molar-refractivity contribution >= 4 is 12.0 Å². The van der Waals surface area contributed by atoms with Gasteiger partial charge in [0.05, 0.1) is 13.2 Å². The van der Waals surface area contributed by atoms with Crippen molar-refractivity contribution in [3.63, 3.8) is 0 Å². The first-order valence-corrected chi connectivity index (χ1v) is 10.2. The third-order valence-electron chi connectivity index (χ3n) is 5.32. The van der Waals surface area contributed by atoms with Gasteiger partial charge in [-0.3, -0.25) is 4.79 Å². The Hall–Kier alpha value is -1.97. The molecule has 1 amide bonds. The summed E-state index contributed by atoms with van der Waals surface area (Å²) >= 11 is 0. The average Bonchev–Trinajstić information content (AvgIpc) is 2.84. The molecule has 1 aliphatic heterocycles. The van der Waals surface area contributed by atoms with Gasteiger partial charge in [-0.25, -0.2) is 0 Å². The van der Waals surface area contributed by atoms with Crippen LogP contribution in [0.3, 0.4) is 0 Å². The zero-order chi connectivity index (χ0) is 24.7. The van der Waals surface area contributed by atoms with Gasteiger partial charge in [-0.15, -0.1) is 0 Å². The molecule has 9 N–H and O–H groups in total. The summed E-state index contributed by atoms with van der Waals surface area (Å²) in [5.74, 6) is -1.01. The van der Waals surface area contributed by atoms with Crippen LogP contribution >= 0.6 is 0 Å². The van der Waals surface area contributed by atoms with Crippen molar-refractivity contribution in [2.24, 2.45) is 0 Å². The lowest BCUT2D eigenvalue weighted by atomic mass is 9.98. The highest BCUT2D eigenvalue weighted by molar-refractivity contribution is 5.81. The Morgan fingerprint density at radius 3 is 2.27 bits per heavy atom. The molecule has 12 nitrogen and oxygen atoms in total. The lowest BCUT2D eigenvalue weighted by molar-refractivity contribution is -0.326. The predicted molar refractivity (Wildman–Crippen MR) is 112 cm³/mol. The van der Waals surface area contributed by atoms with E-state index in [2.05, 4.69) is 11.9 Å². The van der Waals surface area contributed by atoms with E-state index in [0.29, 0.717) is 5.56 Å². The molecule has 0 unspecified atom stereocenters. The van der Waals surface area contributed by atoms with Crippen molar-refractivity contribution in [3.05, 3.63) is 42.0 Å². The van der Waals surface area contributed by atoms with Crippen LogP contribution in [0.4, 0.5) is 0 Å². The fourth-order valence-corrected chi connectivity index (χ4v) is 3.24. The maximum atomic E-state index is 12.3. The Labute approximate surface area is 190 Å². The van der Waals surface area contributed by atoms with E-state index in [1.165, 1.54) is 0 Å². The minimum absolute atomic E-state index is 0.0147. The Morgan fingerprint density at radius 1 is 1.09 bits per heavy atom. The molecule has 1 aliphatic rings. The van der Waals surface area contributed by atoms with Gasteiger partial charge in [-0.1, -0.05) is 36.9 Å². The molecule has 1 heterocycles. The number of hydrogen-bond acceptors (Lipinski definition) is 11. The minimum Gasteiger partial charge on any atom is -0.394 e. The first-order chi connectivity index (χ1) is 15.6. The van der Waals surface area contributed by atoms with Gasteiger partial charge in [0.25, 0.3) is 5.91 Å². The smallest absolute Gasteiger partial charge is 0.251 e. The predicted octanol–water partition coefficient (Wildman–Crippen LogP) is -3.79. The zero-order valence-electron chi connectivity index (χ0n) is 17.7. The highest BCUT2D eigenvalue weighted by Crippen LogP contribution is 2.25. The van der Waals surface area contributed by atoms with Crippen LogP contribution in [0.15, 0.2) is 30.8 Å². The topological polar surface area (TPSA) is 209 Å². The van der Waals surface area contributed by atoms with Crippen LogP contribution in [0.25, 0.3) is 6.08 Å². The second kappa shape index (κ2) is 12.5. The molecule has 33 heavy (non-hydrogen) atoms. The van der Waals surface area contributed by atoms with Crippen LogP contribution in [-0.2, 0) is 20.8 Å². The largest absolute Gasteiger partial charge is 0.394 e. The standard InChI is InChI=1S/C21H31NO11/c1-2-10-3-5-11(6-4-10)7-22-20(31)17(29)16(28)19(12(25)8-23)33-21-18(30)15(27)14(26)13(9-24)32-21/h2-6,12-19,21,23-30H,1,7-9H2,(H,22,31)/t12-,13+,14-,15-,16-,17-,18+,19-,21-/m0/s1. The van der Waals surface area contributed by atoms with Gasteiger partial charge in [0.2, 0.25) is 0 Å². The van der Waals surface area contributed by atoms with Crippen LogP contribution < -0.4 is 5.32 Å². The molecule has 0 spiro atoms. The van der Waals surface area contributed by atoms with Gasteiger partial charge >= 0.3 is 0 Å². The number of benzene rings is 1. The molecule has 1 saturated heterocycles. The lowest BCUT2D eigenvalue weighted by Crippen LogP contribution is -2.62. The molecular formula is C21H31NO11. The van der Waals surface area contributed by atoms with Crippen molar-refractivity contribution < 1.29 is 55.1 Å². The molecule has 1 aromatic carbocycles. The lowest BCUT2D eigenvalue weighted by Gasteiger charge is -2.42. The molecule has 0 aromatic heterocycles. The van der Waals surface area contributed by atoms with Gasteiger partial charge in [-0.2, -0.15) is 0 Å². The van der Waals surface area contributed by atoms with Crippen molar-refractivity contribution in [3.8, 4) is 0 Å². The Bertz CT molecular complexity index is 759. The van der Waals surface area contributed by atoms with E-state index in [1.54, 1.807) is 30.3 Å². The Balaban J connectivity index is 2.06. The molecule has 186 valence electrons. The quantitative estimate of drug-likeness (QED) is 0.152. The number of carbonyl (C=O) groups excluding carboxylic acids is 1. The summed E-state index contributed by atoms with van der Waals surface area (Å²) < 4.78 is 10.4. The number of rotatable bonds is 11. The molecule has 0 radical (unpaired) electrons. The molecular weight excluding hydrogens is 442 g/mol. The molecule has 12 heteroatoms. The monoisotopic (exact) mass is 473 g/mol. The maximum Gasteiger partial charge on any atom is 0.251 e. The third kappa shape index (κ3) is 6.77. The second-order valence-corrected chi connectivity index (χ2v) is 7.65. The van der Waals surface area contributed by atoms with E-state index in [-0.39, 0.29) is 6.54 Å². The van der Waals surface area contributed by atoms with Crippen molar-refractivity contribution in [2.75, 3.05) is 13.2 Å². The summed E-state index contributed by atoms with van der Waals surface area (Å²) in [7, 11) is 0. The third-order valence-corrected chi connectivity index (χ3v) is 5.32.